The second-order valence-electron chi connectivity index (χ2n) is 4.84. The summed E-state index contributed by atoms with van der Waals surface area (Å²) in [6.07, 6.45) is 0.786. The topological polar surface area (TPSA) is 29.5 Å². The average Bonchev–Trinajstić information content (AvgIpc) is 2.39. The lowest BCUT2D eigenvalue weighted by Crippen LogP contribution is -2.42. The van der Waals surface area contributed by atoms with Crippen LogP contribution in [0.3, 0.4) is 0 Å². The van der Waals surface area contributed by atoms with Crippen LogP contribution in [0, 0.1) is 5.92 Å². The monoisotopic (exact) mass is 311 g/mol. The number of carbonyl (C=O) groups excluding carboxylic acids is 1. The van der Waals surface area contributed by atoms with Crippen LogP contribution in [0.25, 0.3) is 0 Å². The largest absolute Gasteiger partial charge is 0.453 e. The number of halogens is 1. The van der Waals surface area contributed by atoms with E-state index < -0.39 is 0 Å². The van der Waals surface area contributed by atoms with Crippen molar-refractivity contribution in [3.63, 3.8) is 0 Å². The summed E-state index contributed by atoms with van der Waals surface area (Å²) in [7, 11) is 1.44. The van der Waals surface area contributed by atoms with Crippen LogP contribution < -0.4 is 0 Å². The van der Waals surface area contributed by atoms with Gasteiger partial charge in [0.05, 0.1) is 7.11 Å². The molecule has 0 spiro atoms. The predicted molar refractivity (Wildman–Crippen MR) is 74.6 cm³/mol. The van der Waals surface area contributed by atoms with Crippen molar-refractivity contribution in [1.82, 2.24) is 4.90 Å². The molecule has 1 aliphatic heterocycles. The van der Waals surface area contributed by atoms with Crippen LogP contribution in [0.15, 0.2) is 28.7 Å². The molecule has 1 aromatic carbocycles. The summed E-state index contributed by atoms with van der Waals surface area (Å²) in [5, 5.41) is 0. The van der Waals surface area contributed by atoms with Gasteiger partial charge in [-0.1, -0.05) is 35.0 Å². The molecule has 0 bridgehead atoms. The van der Waals surface area contributed by atoms with E-state index in [1.54, 1.807) is 4.90 Å². The Kier molecular flexibility index (Phi) is 4.27. The number of piperidine rings is 1. The molecule has 1 aromatic rings. The Morgan fingerprint density at radius 2 is 2.06 bits per heavy atom. The van der Waals surface area contributed by atoms with Gasteiger partial charge in [0, 0.05) is 17.6 Å². The zero-order valence-electron chi connectivity index (χ0n) is 10.7. The summed E-state index contributed by atoms with van der Waals surface area (Å²) in [6.45, 7) is 3.74. The highest BCUT2D eigenvalue weighted by atomic mass is 79.9. The van der Waals surface area contributed by atoms with Crippen LogP contribution >= 0.6 is 15.9 Å². The molecule has 0 aromatic heterocycles. The van der Waals surface area contributed by atoms with Crippen LogP contribution in [0.1, 0.15) is 24.8 Å². The Hall–Kier alpha value is -1.03. The van der Waals surface area contributed by atoms with Crippen molar-refractivity contribution in [3.05, 3.63) is 34.3 Å². The van der Waals surface area contributed by atoms with E-state index in [1.807, 2.05) is 0 Å². The summed E-state index contributed by atoms with van der Waals surface area (Å²) < 4.78 is 5.88. The highest BCUT2D eigenvalue weighted by molar-refractivity contribution is 9.10. The lowest BCUT2D eigenvalue weighted by molar-refractivity contribution is 0.0987. The van der Waals surface area contributed by atoms with Gasteiger partial charge in [-0.25, -0.2) is 4.79 Å². The molecule has 1 heterocycles. The fourth-order valence-corrected chi connectivity index (χ4v) is 2.91. The second kappa shape index (κ2) is 5.74. The van der Waals surface area contributed by atoms with Crippen molar-refractivity contribution in [2.45, 2.75) is 19.3 Å². The molecule has 2 unspecified atom stereocenters. The Morgan fingerprint density at radius 1 is 1.39 bits per heavy atom. The molecular weight excluding hydrogens is 294 g/mol. The van der Waals surface area contributed by atoms with Crippen LogP contribution in [-0.2, 0) is 4.74 Å². The summed E-state index contributed by atoms with van der Waals surface area (Å²) >= 11 is 3.45. The van der Waals surface area contributed by atoms with Crippen LogP contribution in [-0.4, -0.2) is 31.2 Å². The maximum absolute atomic E-state index is 11.5. The minimum atomic E-state index is -0.212. The van der Waals surface area contributed by atoms with Gasteiger partial charge in [-0.2, -0.15) is 0 Å². The molecule has 2 rings (SSSR count). The van der Waals surface area contributed by atoms with Crippen molar-refractivity contribution in [2.24, 2.45) is 5.92 Å². The Balaban J connectivity index is 2.05. The summed E-state index contributed by atoms with van der Waals surface area (Å²) in [6, 6.07) is 8.49. The molecular formula is C14H18BrNO2. The first kappa shape index (κ1) is 13.4. The van der Waals surface area contributed by atoms with E-state index in [0.717, 1.165) is 24.0 Å². The van der Waals surface area contributed by atoms with Crippen molar-refractivity contribution in [1.29, 1.82) is 0 Å². The van der Waals surface area contributed by atoms with Gasteiger partial charge in [-0.15, -0.1) is 0 Å². The molecule has 0 radical (unpaired) electrons. The highest BCUT2D eigenvalue weighted by Gasteiger charge is 2.29. The summed E-state index contributed by atoms with van der Waals surface area (Å²) in [5.41, 5.74) is 1.36. The minimum absolute atomic E-state index is 0.212. The Morgan fingerprint density at radius 3 is 2.61 bits per heavy atom. The van der Waals surface area contributed by atoms with E-state index in [-0.39, 0.29) is 6.09 Å². The van der Waals surface area contributed by atoms with Gasteiger partial charge >= 0.3 is 6.09 Å². The van der Waals surface area contributed by atoms with Crippen molar-refractivity contribution < 1.29 is 9.53 Å². The van der Waals surface area contributed by atoms with E-state index in [9.17, 15) is 4.79 Å². The number of hydrogen-bond donors (Lipinski definition) is 0. The molecule has 1 amide bonds. The molecule has 4 heteroatoms. The summed E-state index contributed by atoms with van der Waals surface area (Å²) in [4.78, 5) is 13.3. The fourth-order valence-electron chi connectivity index (χ4n) is 2.65. The van der Waals surface area contributed by atoms with Crippen LogP contribution in [0.2, 0.25) is 0 Å². The normalized spacial score (nSPS) is 23.8. The first-order valence-electron chi connectivity index (χ1n) is 6.20. The van der Waals surface area contributed by atoms with Gasteiger partial charge in [0.1, 0.15) is 0 Å². The molecule has 18 heavy (non-hydrogen) atoms. The number of amides is 1. The molecule has 1 saturated heterocycles. The van der Waals surface area contributed by atoms with Crippen molar-refractivity contribution in [3.8, 4) is 0 Å². The van der Waals surface area contributed by atoms with Crippen LogP contribution in [0.4, 0.5) is 4.79 Å². The number of carbonyl (C=O) groups is 1. The first-order valence-corrected chi connectivity index (χ1v) is 6.99. The molecule has 2 atom stereocenters. The van der Waals surface area contributed by atoms with E-state index in [4.69, 9.17) is 4.74 Å². The zero-order valence-corrected chi connectivity index (χ0v) is 12.3. The summed E-state index contributed by atoms with van der Waals surface area (Å²) in [5.74, 6) is 0.984. The zero-order chi connectivity index (χ0) is 13.1. The van der Waals surface area contributed by atoms with Crippen molar-refractivity contribution in [2.75, 3.05) is 20.2 Å². The number of nitrogens with zero attached hydrogens (tertiary/aromatic N) is 1. The lowest BCUT2D eigenvalue weighted by atomic mass is 9.82. The minimum Gasteiger partial charge on any atom is -0.453 e. The van der Waals surface area contributed by atoms with E-state index in [1.165, 1.54) is 12.7 Å². The van der Waals surface area contributed by atoms with Crippen LogP contribution in [0.5, 0.6) is 0 Å². The van der Waals surface area contributed by atoms with Gasteiger partial charge in [0.2, 0.25) is 0 Å². The Bertz CT molecular complexity index is 418. The van der Waals surface area contributed by atoms with Gasteiger partial charge in [-0.05, 0) is 36.0 Å². The average molecular weight is 312 g/mol. The Labute approximate surface area is 116 Å². The number of hydrogen-bond acceptors (Lipinski definition) is 2. The van der Waals surface area contributed by atoms with Gasteiger partial charge in [-0.3, -0.25) is 0 Å². The smallest absolute Gasteiger partial charge is 0.409 e. The third-order valence-corrected chi connectivity index (χ3v) is 4.16. The number of ether oxygens (including phenoxy) is 1. The number of rotatable bonds is 1. The fraction of sp³-hybridized carbons (Fsp3) is 0.500. The standard InChI is InChI=1S/C14H18BrNO2/c1-10-9-16(14(17)18-2)8-7-13(10)11-3-5-12(15)6-4-11/h3-6,10,13H,7-9H2,1-2H3. The second-order valence-corrected chi connectivity index (χ2v) is 5.76. The molecule has 1 fully saturated rings. The number of benzene rings is 1. The van der Waals surface area contributed by atoms with Gasteiger partial charge in [0.15, 0.2) is 0 Å². The molecule has 0 saturated carbocycles. The molecule has 0 aliphatic carbocycles. The quantitative estimate of drug-likeness (QED) is 0.792. The van der Waals surface area contributed by atoms with Gasteiger partial charge in [0.25, 0.3) is 0 Å². The SMILES string of the molecule is COC(=O)N1CCC(c2ccc(Br)cc2)C(C)C1. The number of likely N-dealkylation sites (tertiary alicyclic amines) is 1. The highest BCUT2D eigenvalue weighted by Crippen LogP contribution is 2.33. The van der Waals surface area contributed by atoms with E-state index >= 15 is 0 Å². The first-order chi connectivity index (χ1) is 8.61. The maximum atomic E-state index is 11.5. The molecule has 1 aliphatic rings. The molecule has 3 nitrogen and oxygen atoms in total. The van der Waals surface area contributed by atoms with Crippen molar-refractivity contribution >= 4 is 22.0 Å². The molecule has 0 N–H and O–H groups in total. The van der Waals surface area contributed by atoms with E-state index in [2.05, 4.69) is 47.1 Å². The van der Waals surface area contributed by atoms with E-state index in [0.29, 0.717) is 11.8 Å². The lowest BCUT2D eigenvalue weighted by Gasteiger charge is -2.36. The molecule has 98 valence electrons. The number of methoxy groups -OCH3 is 1. The third kappa shape index (κ3) is 2.86. The maximum Gasteiger partial charge on any atom is 0.409 e. The van der Waals surface area contributed by atoms with Gasteiger partial charge < -0.3 is 9.64 Å². The third-order valence-electron chi connectivity index (χ3n) is 3.64. The predicted octanol–water partition coefficient (Wildman–Crippen LogP) is 3.64.